The van der Waals surface area contributed by atoms with E-state index in [1.807, 2.05) is 69.3 Å². The molecule has 0 fully saturated rings. The molecule has 1 N–H and O–H groups in total. The molecule has 1 aliphatic rings. The Labute approximate surface area is 205 Å². The molecule has 3 amide bonds. The second kappa shape index (κ2) is 11.0. The average molecular weight is 478 g/mol. The number of carbonyl (C=O) groups is 2. The first-order valence-corrected chi connectivity index (χ1v) is 11.7. The molecule has 8 nitrogen and oxygen atoms in total. The summed E-state index contributed by atoms with van der Waals surface area (Å²) in [5.41, 5.74) is 2.69. The predicted octanol–water partition coefficient (Wildman–Crippen LogP) is 5.04. The van der Waals surface area contributed by atoms with E-state index in [1.54, 1.807) is 22.1 Å². The molecule has 0 saturated carbocycles. The highest BCUT2D eigenvalue weighted by Crippen LogP contribution is 2.33. The molecule has 1 aliphatic heterocycles. The molecule has 0 radical (unpaired) electrons. The van der Waals surface area contributed by atoms with Gasteiger partial charge in [0.25, 0.3) is 0 Å². The fourth-order valence-electron chi connectivity index (χ4n) is 3.85. The normalized spacial score (nSPS) is 12.0. The number of nitrogens with one attached hydrogen (secondary N) is 1. The van der Waals surface area contributed by atoms with E-state index in [1.165, 1.54) is 0 Å². The monoisotopic (exact) mass is 477 g/mol. The Balaban J connectivity index is 1.50. The maximum atomic E-state index is 13.5. The van der Waals surface area contributed by atoms with Crippen molar-refractivity contribution in [3.05, 3.63) is 77.7 Å². The van der Waals surface area contributed by atoms with Crippen LogP contribution < -0.4 is 14.8 Å². The van der Waals surface area contributed by atoms with Gasteiger partial charge >= 0.3 is 6.03 Å². The van der Waals surface area contributed by atoms with Crippen LogP contribution in [-0.4, -0.2) is 41.6 Å². The first-order chi connectivity index (χ1) is 16.9. The first kappa shape index (κ1) is 24.2. The smallest absolute Gasteiger partial charge is 0.322 e. The van der Waals surface area contributed by atoms with Crippen LogP contribution >= 0.6 is 0 Å². The van der Waals surface area contributed by atoms with E-state index < -0.39 is 0 Å². The van der Waals surface area contributed by atoms with Crippen LogP contribution in [0.15, 0.2) is 65.3 Å². The van der Waals surface area contributed by atoms with E-state index in [2.05, 4.69) is 5.32 Å². The number of carbonyl (C=O) groups excluding carboxylic acids is 2. The fraction of sp³-hybridized carbons (Fsp3) is 0.333. The minimum Gasteiger partial charge on any atom is -0.467 e. The van der Waals surface area contributed by atoms with Crippen molar-refractivity contribution in [2.75, 3.05) is 25.2 Å². The number of hydrogen-bond donors (Lipinski definition) is 1. The number of rotatable bonds is 9. The molecule has 8 heteroatoms. The molecular formula is C27H31N3O5. The summed E-state index contributed by atoms with van der Waals surface area (Å²) in [6.07, 6.45) is 1.58. The molecule has 1 aromatic heterocycles. The number of aryl methyl sites for hydroxylation is 1. The summed E-state index contributed by atoms with van der Waals surface area (Å²) in [6.45, 7) is 7.23. The van der Waals surface area contributed by atoms with Gasteiger partial charge in [-0.2, -0.15) is 0 Å². The van der Waals surface area contributed by atoms with E-state index in [-0.39, 0.29) is 37.7 Å². The summed E-state index contributed by atoms with van der Waals surface area (Å²) in [6, 6.07) is 16.5. The van der Waals surface area contributed by atoms with Gasteiger partial charge in [-0.3, -0.25) is 4.79 Å². The van der Waals surface area contributed by atoms with Crippen LogP contribution in [0.5, 0.6) is 11.5 Å². The minimum absolute atomic E-state index is 0.0544. The number of fused-ring (bicyclic) bond motifs is 1. The number of furan rings is 1. The van der Waals surface area contributed by atoms with Crippen molar-refractivity contribution < 1.29 is 23.5 Å². The van der Waals surface area contributed by atoms with Crippen molar-refractivity contribution in [2.45, 2.75) is 33.9 Å². The lowest BCUT2D eigenvalue weighted by atomic mass is 10.1. The van der Waals surface area contributed by atoms with E-state index in [0.717, 1.165) is 11.1 Å². The zero-order chi connectivity index (χ0) is 24.8. The van der Waals surface area contributed by atoms with Gasteiger partial charge in [0, 0.05) is 18.8 Å². The quantitative estimate of drug-likeness (QED) is 0.467. The third kappa shape index (κ3) is 6.56. The van der Waals surface area contributed by atoms with Gasteiger partial charge < -0.3 is 29.0 Å². The lowest BCUT2D eigenvalue weighted by molar-refractivity contribution is -0.133. The highest BCUT2D eigenvalue weighted by atomic mass is 16.7. The van der Waals surface area contributed by atoms with Crippen LogP contribution in [0.1, 0.15) is 30.7 Å². The fourth-order valence-corrected chi connectivity index (χ4v) is 3.85. The average Bonchev–Trinajstić information content (AvgIpc) is 3.51. The Bertz CT molecular complexity index is 1140. The molecular weight excluding hydrogens is 446 g/mol. The highest BCUT2D eigenvalue weighted by molar-refractivity contribution is 5.92. The third-order valence-corrected chi connectivity index (χ3v) is 5.59. The first-order valence-electron chi connectivity index (χ1n) is 11.7. The molecule has 3 aromatic rings. The summed E-state index contributed by atoms with van der Waals surface area (Å²) >= 11 is 0. The molecule has 0 saturated heterocycles. The number of urea groups is 1. The summed E-state index contributed by atoms with van der Waals surface area (Å²) in [7, 11) is 0. The molecule has 2 aromatic carbocycles. The molecule has 35 heavy (non-hydrogen) atoms. The number of amides is 3. The Morgan fingerprint density at radius 3 is 2.46 bits per heavy atom. The summed E-state index contributed by atoms with van der Waals surface area (Å²) in [5.74, 6) is 2.02. The van der Waals surface area contributed by atoms with Crippen LogP contribution in [0.2, 0.25) is 0 Å². The van der Waals surface area contributed by atoms with E-state index >= 15 is 0 Å². The zero-order valence-electron chi connectivity index (χ0n) is 20.3. The van der Waals surface area contributed by atoms with Gasteiger partial charge in [-0.1, -0.05) is 37.6 Å². The highest BCUT2D eigenvalue weighted by Gasteiger charge is 2.24. The Kier molecular flexibility index (Phi) is 7.60. The van der Waals surface area contributed by atoms with Gasteiger partial charge in [0.05, 0.1) is 12.8 Å². The number of ether oxygens (including phenoxy) is 2. The van der Waals surface area contributed by atoms with E-state index in [0.29, 0.717) is 36.0 Å². The van der Waals surface area contributed by atoms with Crippen LogP contribution in [0, 0.1) is 12.8 Å². The van der Waals surface area contributed by atoms with Crippen molar-refractivity contribution in [2.24, 2.45) is 5.92 Å². The van der Waals surface area contributed by atoms with Crippen molar-refractivity contribution in [3.63, 3.8) is 0 Å². The van der Waals surface area contributed by atoms with Gasteiger partial charge in [-0.05, 0) is 54.8 Å². The molecule has 0 bridgehead atoms. The molecule has 4 rings (SSSR count). The molecule has 2 heterocycles. The summed E-state index contributed by atoms with van der Waals surface area (Å²) < 4.78 is 16.4. The van der Waals surface area contributed by atoms with Crippen LogP contribution in [0.25, 0.3) is 0 Å². The van der Waals surface area contributed by atoms with Gasteiger partial charge in [-0.15, -0.1) is 0 Å². The summed E-state index contributed by atoms with van der Waals surface area (Å²) in [5, 5.41) is 2.91. The van der Waals surface area contributed by atoms with Gasteiger partial charge in [0.15, 0.2) is 11.5 Å². The van der Waals surface area contributed by atoms with Crippen molar-refractivity contribution in [1.82, 2.24) is 9.80 Å². The lowest BCUT2D eigenvalue weighted by Crippen LogP contribution is -2.45. The zero-order valence-corrected chi connectivity index (χ0v) is 20.3. The Morgan fingerprint density at radius 2 is 1.74 bits per heavy atom. The number of nitrogens with zero attached hydrogens (tertiary/aromatic N) is 2. The van der Waals surface area contributed by atoms with Gasteiger partial charge in [-0.25, -0.2) is 4.79 Å². The number of hydrogen-bond acceptors (Lipinski definition) is 5. The van der Waals surface area contributed by atoms with Crippen molar-refractivity contribution in [1.29, 1.82) is 0 Å². The maximum absolute atomic E-state index is 13.5. The Morgan fingerprint density at radius 1 is 0.971 bits per heavy atom. The number of benzene rings is 2. The lowest BCUT2D eigenvalue weighted by Gasteiger charge is -2.28. The van der Waals surface area contributed by atoms with Gasteiger partial charge in [0.2, 0.25) is 12.7 Å². The van der Waals surface area contributed by atoms with E-state index in [9.17, 15) is 9.59 Å². The predicted molar refractivity (Wildman–Crippen MR) is 132 cm³/mol. The molecule has 0 unspecified atom stereocenters. The molecule has 0 spiro atoms. The minimum atomic E-state index is -0.308. The van der Waals surface area contributed by atoms with Crippen molar-refractivity contribution >= 4 is 17.6 Å². The molecule has 184 valence electrons. The van der Waals surface area contributed by atoms with Crippen LogP contribution in [-0.2, 0) is 17.9 Å². The summed E-state index contributed by atoms with van der Waals surface area (Å²) in [4.78, 5) is 29.8. The molecule has 0 aliphatic carbocycles. The second-order valence-electron chi connectivity index (χ2n) is 9.09. The second-order valence-corrected chi connectivity index (χ2v) is 9.09. The Hall–Kier alpha value is -3.94. The number of anilines is 1. The van der Waals surface area contributed by atoms with Crippen molar-refractivity contribution in [3.8, 4) is 11.5 Å². The molecule has 0 atom stereocenters. The topological polar surface area (TPSA) is 84.3 Å². The maximum Gasteiger partial charge on any atom is 0.322 e. The van der Waals surface area contributed by atoms with Gasteiger partial charge in [0.1, 0.15) is 12.3 Å². The van der Waals surface area contributed by atoms with Crippen LogP contribution in [0.3, 0.4) is 0 Å². The third-order valence-electron chi connectivity index (χ3n) is 5.59. The standard InChI is InChI=1S/C27H31N3O5/c1-19(2)14-30(27(32)28-22-9-6-20(3)7-10-22)17-26(31)29(16-23-5-4-12-33-23)15-21-8-11-24-25(13-21)35-18-34-24/h4-13,19H,14-18H2,1-3H3,(H,28,32). The largest absolute Gasteiger partial charge is 0.467 e. The SMILES string of the molecule is Cc1ccc(NC(=O)N(CC(=O)N(Cc2ccc3c(c2)OCO3)Cc2ccco2)CC(C)C)cc1. The van der Waals surface area contributed by atoms with E-state index in [4.69, 9.17) is 13.9 Å². The van der Waals surface area contributed by atoms with Crippen LogP contribution in [0.4, 0.5) is 10.5 Å².